The molecule has 0 aromatic heterocycles. The average molecular weight is 315 g/mol. The van der Waals surface area contributed by atoms with E-state index < -0.39 is 29.8 Å². The first-order chi connectivity index (χ1) is 10.4. The summed E-state index contributed by atoms with van der Waals surface area (Å²) >= 11 is 0. The Balaban J connectivity index is 2.41. The fraction of sp³-hybridized carbons (Fsp3) is 0.562. The Morgan fingerprint density at radius 1 is 1.36 bits per heavy atom. The number of hydrogen-bond donors (Lipinski definition) is 1. The lowest BCUT2D eigenvalue weighted by Gasteiger charge is -2.39. The zero-order valence-electron chi connectivity index (χ0n) is 12.4. The van der Waals surface area contributed by atoms with Gasteiger partial charge < -0.3 is 5.11 Å². The first-order valence-corrected chi connectivity index (χ1v) is 7.51. The SMILES string of the molecule is CCC(c1ccccc1C(F)(F)F)N1CCCCC1C(=O)O. The van der Waals surface area contributed by atoms with Crippen LogP contribution in [0.1, 0.15) is 49.8 Å². The van der Waals surface area contributed by atoms with Crippen molar-refractivity contribution < 1.29 is 23.1 Å². The van der Waals surface area contributed by atoms with Gasteiger partial charge in [-0.3, -0.25) is 9.69 Å². The minimum atomic E-state index is -4.43. The maximum absolute atomic E-state index is 13.2. The summed E-state index contributed by atoms with van der Waals surface area (Å²) in [7, 11) is 0. The number of carboxylic acids is 1. The largest absolute Gasteiger partial charge is 0.480 e. The van der Waals surface area contributed by atoms with Crippen molar-refractivity contribution in [2.24, 2.45) is 0 Å². The average Bonchev–Trinajstić information content (AvgIpc) is 2.48. The smallest absolute Gasteiger partial charge is 0.416 e. The third-order valence-electron chi connectivity index (χ3n) is 4.24. The Labute approximate surface area is 127 Å². The number of alkyl halides is 3. The molecule has 1 fully saturated rings. The molecule has 1 aromatic rings. The van der Waals surface area contributed by atoms with Crippen molar-refractivity contribution in [2.75, 3.05) is 6.54 Å². The van der Waals surface area contributed by atoms with Gasteiger partial charge in [-0.15, -0.1) is 0 Å². The van der Waals surface area contributed by atoms with Crippen LogP contribution in [-0.4, -0.2) is 28.6 Å². The summed E-state index contributed by atoms with van der Waals surface area (Å²) in [5.74, 6) is -0.956. The number of benzene rings is 1. The van der Waals surface area contributed by atoms with E-state index >= 15 is 0 Å². The highest BCUT2D eigenvalue weighted by Crippen LogP contribution is 2.39. The second kappa shape index (κ2) is 6.69. The summed E-state index contributed by atoms with van der Waals surface area (Å²) in [6.07, 6.45) is -1.89. The highest BCUT2D eigenvalue weighted by Gasteiger charge is 2.39. The van der Waals surface area contributed by atoms with Gasteiger partial charge in [0.25, 0.3) is 0 Å². The molecule has 122 valence electrons. The van der Waals surface area contributed by atoms with Gasteiger partial charge in [0.05, 0.1) is 5.56 Å². The first kappa shape index (κ1) is 16.8. The van der Waals surface area contributed by atoms with Crippen molar-refractivity contribution in [3.8, 4) is 0 Å². The van der Waals surface area contributed by atoms with Crippen molar-refractivity contribution in [2.45, 2.75) is 50.9 Å². The molecule has 1 aliphatic rings. The molecule has 1 aromatic carbocycles. The van der Waals surface area contributed by atoms with Crippen molar-refractivity contribution in [1.82, 2.24) is 4.90 Å². The molecule has 1 N–H and O–H groups in total. The third-order valence-corrected chi connectivity index (χ3v) is 4.24. The Hall–Kier alpha value is -1.56. The van der Waals surface area contributed by atoms with Gasteiger partial charge in [0, 0.05) is 6.04 Å². The van der Waals surface area contributed by atoms with Crippen LogP contribution in [0.2, 0.25) is 0 Å². The molecule has 0 bridgehead atoms. The molecule has 0 radical (unpaired) electrons. The number of halogens is 3. The summed E-state index contributed by atoms with van der Waals surface area (Å²) in [6.45, 7) is 2.31. The van der Waals surface area contributed by atoms with E-state index in [-0.39, 0.29) is 5.56 Å². The fourth-order valence-electron chi connectivity index (χ4n) is 3.27. The van der Waals surface area contributed by atoms with Crippen molar-refractivity contribution in [1.29, 1.82) is 0 Å². The highest BCUT2D eigenvalue weighted by molar-refractivity contribution is 5.73. The number of rotatable bonds is 4. The standard InChI is InChI=1S/C16H20F3NO2/c1-2-13(20-10-6-5-9-14(20)15(21)22)11-7-3-4-8-12(11)16(17,18)19/h3-4,7-8,13-14H,2,5-6,9-10H2,1H3,(H,21,22). The molecule has 0 saturated carbocycles. The summed E-state index contributed by atoms with van der Waals surface area (Å²) in [5, 5.41) is 9.37. The topological polar surface area (TPSA) is 40.5 Å². The lowest BCUT2D eigenvalue weighted by Crippen LogP contribution is -2.46. The van der Waals surface area contributed by atoms with E-state index in [0.29, 0.717) is 19.4 Å². The van der Waals surface area contributed by atoms with Crippen LogP contribution < -0.4 is 0 Å². The van der Waals surface area contributed by atoms with Gasteiger partial charge in [-0.1, -0.05) is 31.5 Å². The van der Waals surface area contributed by atoms with Gasteiger partial charge in [-0.2, -0.15) is 13.2 Å². The van der Waals surface area contributed by atoms with Gasteiger partial charge in [-0.25, -0.2) is 0 Å². The predicted molar refractivity (Wildman–Crippen MR) is 76.5 cm³/mol. The van der Waals surface area contributed by atoms with Gasteiger partial charge in [-0.05, 0) is 37.4 Å². The minimum Gasteiger partial charge on any atom is -0.480 e. The lowest BCUT2D eigenvalue weighted by atomic mass is 9.92. The number of carbonyl (C=O) groups is 1. The number of nitrogens with zero attached hydrogens (tertiary/aromatic N) is 1. The van der Waals surface area contributed by atoms with E-state index in [1.54, 1.807) is 17.9 Å². The molecule has 2 rings (SSSR count). The van der Waals surface area contributed by atoms with Gasteiger partial charge in [0.1, 0.15) is 6.04 Å². The number of carboxylic acid groups (broad SMARTS) is 1. The van der Waals surface area contributed by atoms with Crippen LogP contribution >= 0.6 is 0 Å². The molecule has 1 heterocycles. The summed E-state index contributed by atoms with van der Waals surface area (Å²) in [4.78, 5) is 13.2. The van der Waals surface area contributed by atoms with Crippen LogP contribution in [0, 0.1) is 0 Å². The maximum Gasteiger partial charge on any atom is 0.416 e. The minimum absolute atomic E-state index is 0.172. The molecule has 0 spiro atoms. The second-order valence-electron chi connectivity index (χ2n) is 5.60. The van der Waals surface area contributed by atoms with Crippen LogP contribution in [0.3, 0.4) is 0 Å². The van der Waals surface area contributed by atoms with Crippen LogP contribution in [-0.2, 0) is 11.0 Å². The molecule has 2 atom stereocenters. The molecule has 1 saturated heterocycles. The van der Waals surface area contributed by atoms with Gasteiger partial charge in [0.15, 0.2) is 0 Å². The number of piperidine rings is 1. The third kappa shape index (κ3) is 3.43. The Morgan fingerprint density at radius 3 is 2.64 bits per heavy atom. The van der Waals surface area contributed by atoms with Gasteiger partial charge in [0.2, 0.25) is 0 Å². The molecule has 0 amide bonds. The van der Waals surface area contributed by atoms with Crippen molar-refractivity contribution in [3.05, 3.63) is 35.4 Å². The molecule has 0 aliphatic carbocycles. The zero-order valence-corrected chi connectivity index (χ0v) is 12.4. The summed E-state index contributed by atoms with van der Waals surface area (Å²) in [6, 6.07) is 4.23. The molecule has 1 aliphatic heterocycles. The van der Waals surface area contributed by atoms with Gasteiger partial charge >= 0.3 is 12.1 Å². The molecule has 3 nitrogen and oxygen atoms in total. The zero-order chi connectivity index (χ0) is 16.3. The number of aliphatic carboxylic acids is 1. The molecule has 6 heteroatoms. The van der Waals surface area contributed by atoms with Crippen molar-refractivity contribution in [3.63, 3.8) is 0 Å². The van der Waals surface area contributed by atoms with E-state index in [2.05, 4.69) is 0 Å². The van der Waals surface area contributed by atoms with E-state index in [1.165, 1.54) is 12.1 Å². The molecule has 22 heavy (non-hydrogen) atoms. The monoisotopic (exact) mass is 315 g/mol. The van der Waals surface area contributed by atoms with Crippen LogP contribution in [0.15, 0.2) is 24.3 Å². The number of hydrogen-bond acceptors (Lipinski definition) is 2. The molecular weight excluding hydrogens is 295 g/mol. The number of likely N-dealkylation sites (tertiary alicyclic amines) is 1. The molecule has 2 unspecified atom stereocenters. The maximum atomic E-state index is 13.2. The van der Waals surface area contributed by atoms with Crippen LogP contribution in [0.25, 0.3) is 0 Å². The quantitative estimate of drug-likeness (QED) is 0.909. The van der Waals surface area contributed by atoms with Crippen LogP contribution in [0.5, 0.6) is 0 Å². The van der Waals surface area contributed by atoms with E-state index in [0.717, 1.165) is 18.9 Å². The summed E-state index contributed by atoms with van der Waals surface area (Å²) in [5.41, 5.74) is -0.498. The normalized spacial score (nSPS) is 21.5. The Bertz CT molecular complexity index is 530. The van der Waals surface area contributed by atoms with Crippen molar-refractivity contribution >= 4 is 5.97 Å². The Kier molecular flexibility index (Phi) is 5.11. The fourth-order valence-corrected chi connectivity index (χ4v) is 3.27. The highest BCUT2D eigenvalue weighted by atomic mass is 19.4. The van der Waals surface area contributed by atoms with Crippen LogP contribution in [0.4, 0.5) is 13.2 Å². The van der Waals surface area contributed by atoms with E-state index in [4.69, 9.17) is 0 Å². The Morgan fingerprint density at radius 2 is 2.05 bits per heavy atom. The second-order valence-corrected chi connectivity index (χ2v) is 5.60. The lowest BCUT2D eigenvalue weighted by molar-refractivity contribution is -0.146. The first-order valence-electron chi connectivity index (χ1n) is 7.51. The predicted octanol–water partition coefficient (Wildman–Crippen LogP) is 4.10. The molecular formula is C16H20F3NO2. The van der Waals surface area contributed by atoms with E-state index in [1.807, 2.05) is 0 Å². The van der Waals surface area contributed by atoms with E-state index in [9.17, 15) is 23.1 Å². The summed E-state index contributed by atoms with van der Waals surface area (Å²) < 4.78 is 39.7.